The van der Waals surface area contributed by atoms with Gasteiger partial charge in [0.05, 0.1) is 15.8 Å². The lowest BCUT2D eigenvalue weighted by Gasteiger charge is -2.11. The van der Waals surface area contributed by atoms with Crippen LogP contribution in [0.5, 0.6) is 11.5 Å². The summed E-state index contributed by atoms with van der Waals surface area (Å²) in [6.07, 6.45) is 0. The minimum atomic E-state index is -0.529. The predicted molar refractivity (Wildman–Crippen MR) is 79.2 cm³/mol. The third-order valence-corrected chi connectivity index (χ3v) is 3.34. The lowest BCUT2D eigenvalue weighted by Crippen LogP contribution is -1.92. The highest BCUT2D eigenvalue weighted by molar-refractivity contribution is 6.32. The number of halogens is 3. The smallest absolute Gasteiger partial charge is 0.271 e. The van der Waals surface area contributed by atoms with E-state index in [1.165, 1.54) is 18.2 Å². The zero-order valence-electron chi connectivity index (χ0n) is 9.98. The standard InChI is InChI=1S/C13H8Cl3NO3/c14-7-8-1-2-9(15)5-13(8)20-12-4-3-10(17(18)19)6-11(12)16/h1-6H,7H2. The fourth-order valence-corrected chi connectivity index (χ4v) is 2.13. The number of benzene rings is 2. The first-order chi connectivity index (χ1) is 9.51. The molecule has 0 aliphatic rings. The lowest BCUT2D eigenvalue weighted by molar-refractivity contribution is -0.384. The van der Waals surface area contributed by atoms with Gasteiger partial charge in [-0.05, 0) is 18.2 Å². The van der Waals surface area contributed by atoms with E-state index in [2.05, 4.69) is 0 Å². The van der Waals surface area contributed by atoms with Gasteiger partial charge in [-0.1, -0.05) is 29.3 Å². The molecule has 0 N–H and O–H groups in total. The average molecular weight is 333 g/mol. The molecule has 4 nitrogen and oxygen atoms in total. The SMILES string of the molecule is O=[N+]([O-])c1ccc(Oc2cc(Cl)ccc2CCl)c(Cl)c1. The summed E-state index contributed by atoms with van der Waals surface area (Å²) < 4.78 is 5.62. The molecular formula is C13H8Cl3NO3. The van der Waals surface area contributed by atoms with Gasteiger partial charge in [0.15, 0.2) is 0 Å². The summed E-state index contributed by atoms with van der Waals surface area (Å²) in [5, 5.41) is 11.3. The van der Waals surface area contributed by atoms with E-state index in [4.69, 9.17) is 39.5 Å². The Balaban J connectivity index is 2.35. The van der Waals surface area contributed by atoms with Crippen LogP contribution in [0.3, 0.4) is 0 Å². The first-order valence-corrected chi connectivity index (χ1v) is 6.76. The van der Waals surface area contributed by atoms with Crippen molar-refractivity contribution in [1.82, 2.24) is 0 Å². The van der Waals surface area contributed by atoms with Crippen molar-refractivity contribution in [2.75, 3.05) is 0 Å². The van der Waals surface area contributed by atoms with E-state index in [1.807, 2.05) is 0 Å². The Morgan fingerprint density at radius 2 is 1.85 bits per heavy atom. The topological polar surface area (TPSA) is 52.4 Å². The van der Waals surface area contributed by atoms with Gasteiger partial charge in [0.2, 0.25) is 0 Å². The van der Waals surface area contributed by atoms with E-state index in [1.54, 1.807) is 18.2 Å². The van der Waals surface area contributed by atoms with Crippen LogP contribution in [0.2, 0.25) is 10.0 Å². The fourth-order valence-electron chi connectivity index (χ4n) is 1.54. The summed E-state index contributed by atoms with van der Waals surface area (Å²) in [4.78, 5) is 10.1. The van der Waals surface area contributed by atoms with Crippen LogP contribution in [0.15, 0.2) is 36.4 Å². The molecule has 7 heteroatoms. The first kappa shape index (κ1) is 14.9. The second kappa shape index (κ2) is 6.31. The summed E-state index contributed by atoms with van der Waals surface area (Å²) in [5.41, 5.74) is 0.636. The Hall–Kier alpha value is -1.49. The Bertz CT molecular complexity index is 661. The molecule has 0 radical (unpaired) electrons. The second-order valence-corrected chi connectivity index (χ2v) is 4.97. The quantitative estimate of drug-likeness (QED) is 0.426. The molecule has 104 valence electrons. The Morgan fingerprint density at radius 1 is 1.10 bits per heavy atom. The van der Waals surface area contributed by atoms with Gasteiger partial charge in [-0.2, -0.15) is 0 Å². The van der Waals surface area contributed by atoms with E-state index in [0.29, 0.717) is 16.5 Å². The molecule has 20 heavy (non-hydrogen) atoms. The largest absolute Gasteiger partial charge is 0.455 e. The third kappa shape index (κ3) is 3.33. The molecule has 0 aromatic heterocycles. The molecule has 0 heterocycles. The van der Waals surface area contributed by atoms with Gasteiger partial charge in [0.1, 0.15) is 11.5 Å². The molecule has 0 spiro atoms. The average Bonchev–Trinajstić information content (AvgIpc) is 2.41. The highest BCUT2D eigenvalue weighted by Gasteiger charge is 2.12. The van der Waals surface area contributed by atoms with Crippen molar-refractivity contribution in [3.63, 3.8) is 0 Å². The second-order valence-electron chi connectivity index (χ2n) is 3.86. The summed E-state index contributed by atoms with van der Waals surface area (Å²) in [6, 6.07) is 9.01. The van der Waals surface area contributed by atoms with Gasteiger partial charge in [-0.15, -0.1) is 11.6 Å². The number of nitro groups is 1. The zero-order chi connectivity index (χ0) is 14.7. The highest BCUT2D eigenvalue weighted by Crippen LogP contribution is 2.35. The minimum absolute atomic E-state index is 0.106. The van der Waals surface area contributed by atoms with E-state index >= 15 is 0 Å². The molecule has 2 aromatic rings. The van der Waals surface area contributed by atoms with E-state index in [-0.39, 0.29) is 16.6 Å². The molecule has 0 aliphatic heterocycles. The number of alkyl halides is 1. The molecule has 0 bridgehead atoms. The first-order valence-electron chi connectivity index (χ1n) is 5.47. The third-order valence-electron chi connectivity index (χ3n) is 2.52. The maximum Gasteiger partial charge on any atom is 0.271 e. The van der Waals surface area contributed by atoms with Crippen LogP contribution in [0.25, 0.3) is 0 Å². The minimum Gasteiger partial charge on any atom is -0.455 e. The molecule has 0 atom stereocenters. The van der Waals surface area contributed by atoms with E-state index in [9.17, 15) is 10.1 Å². The number of non-ortho nitro benzene ring substituents is 1. The zero-order valence-corrected chi connectivity index (χ0v) is 12.2. The molecule has 0 aliphatic carbocycles. The van der Waals surface area contributed by atoms with Crippen LogP contribution in [-0.4, -0.2) is 4.92 Å². The Morgan fingerprint density at radius 3 is 2.45 bits per heavy atom. The van der Waals surface area contributed by atoms with E-state index in [0.717, 1.165) is 5.56 Å². The van der Waals surface area contributed by atoms with Gasteiger partial charge in [0, 0.05) is 22.7 Å². The number of rotatable bonds is 4. The molecule has 0 amide bonds. The predicted octanol–water partition coefficient (Wildman–Crippen LogP) is 5.43. The molecule has 2 aromatic carbocycles. The number of hydrogen-bond donors (Lipinski definition) is 0. The molecule has 0 saturated heterocycles. The van der Waals surface area contributed by atoms with Crippen molar-refractivity contribution in [3.05, 3.63) is 62.1 Å². The summed E-state index contributed by atoms with van der Waals surface area (Å²) in [5.74, 6) is 1.01. The van der Waals surface area contributed by atoms with Gasteiger partial charge in [-0.3, -0.25) is 10.1 Å². The normalized spacial score (nSPS) is 10.3. The van der Waals surface area contributed by atoms with Gasteiger partial charge in [-0.25, -0.2) is 0 Å². The Kier molecular flexibility index (Phi) is 4.70. The Labute approximate surface area is 130 Å². The van der Waals surface area contributed by atoms with E-state index < -0.39 is 4.92 Å². The molecule has 0 fully saturated rings. The van der Waals surface area contributed by atoms with Gasteiger partial charge < -0.3 is 4.74 Å². The number of ether oxygens (including phenoxy) is 1. The maximum atomic E-state index is 10.6. The number of hydrogen-bond acceptors (Lipinski definition) is 3. The van der Waals surface area contributed by atoms with Crippen molar-refractivity contribution in [1.29, 1.82) is 0 Å². The van der Waals surface area contributed by atoms with Crippen molar-refractivity contribution in [2.24, 2.45) is 0 Å². The summed E-state index contributed by atoms with van der Waals surface area (Å²) in [6.45, 7) is 0. The van der Waals surface area contributed by atoms with Gasteiger partial charge in [0.25, 0.3) is 5.69 Å². The number of nitrogens with zero attached hydrogens (tertiary/aromatic N) is 1. The maximum absolute atomic E-state index is 10.6. The van der Waals surface area contributed by atoms with Crippen LogP contribution in [0.1, 0.15) is 5.56 Å². The highest BCUT2D eigenvalue weighted by atomic mass is 35.5. The van der Waals surface area contributed by atoms with Crippen LogP contribution in [-0.2, 0) is 5.88 Å². The van der Waals surface area contributed by atoms with Gasteiger partial charge >= 0.3 is 0 Å². The summed E-state index contributed by atoms with van der Waals surface area (Å²) >= 11 is 17.7. The lowest BCUT2D eigenvalue weighted by atomic mass is 10.2. The fraction of sp³-hybridized carbons (Fsp3) is 0.0769. The van der Waals surface area contributed by atoms with Crippen LogP contribution in [0.4, 0.5) is 5.69 Å². The molecule has 2 rings (SSSR count). The van der Waals surface area contributed by atoms with Crippen LogP contribution >= 0.6 is 34.8 Å². The van der Waals surface area contributed by atoms with Crippen LogP contribution < -0.4 is 4.74 Å². The monoisotopic (exact) mass is 331 g/mol. The number of nitro benzene ring substituents is 1. The molecule has 0 saturated carbocycles. The van der Waals surface area contributed by atoms with Crippen molar-refractivity contribution >= 4 is 40.5 Å². The molecular weight excluding hydrogens is 325 g/mol. The van der Waals surface area contributed by atoms with Crippen LogP contribution in [0, 0.1) is 10.1 Å². The van der Waals surface area contributed by atoms with Crippen molar-refractivity contribution in [2.45, 2.75) is 5.88 Å². The van der Waals surface area contributed by atoms with Crippen molar-refractivity contribution in [3.8, 4) is 11.5 Å². The molecule has 0 unspecified atom stereocenters. The summed E-state index contributed by atoms with van der Waals surface area (Å²) in [7, 11) is 0. The van der Waals surface area contributed by atoms with Crippen molar-refractivity contribution < 1.29 is 9.66 Å².